The van der Waals surface area contributed by atoms with Crippen LogP contribution in [0.2, 0.25) is 0 Å². The largest absolute Gasteiger partial charge is 0.481 e. The van der Waals surface area contributed by atoms with Gasteiger partial charge in [-0.05, 0) is 19.1 Å². The van der Waals surface area contributed by atoms with Crippen LogP contribution in [0.4, 0.5) is 13.2 Å². The van der Waals surface area contributed by atoms with Gasteiger partial charge < -0.3 is 9.52 Å². The molecule has 2 rings (SSSR count). The van der Waals surface area contributed by atoms with E-state index in [4.69, 9.17) is 9.52 Å². The van der Waals surface area contributed by atoms with Crippen molar-refractivity contribution < 1.29 is 27.5 Å². The Morgan fingerprint density at radius 2 is 1.86 bits per heavy atom. The van der Waals surface area contributed by atoms with Gasteiger partial charge in [-0.2, -0.15) is 13.2 Å². The maximum absolute atomic E-state index is 12.5. The van der Waals surface area contributed by atoms with E-state index in [1.165, 1.54) is 19.1 Å². The number of oxazole rings is 1. The number of aromatic nitrogens is 1. The van der Waals surface area contributed by atoms with Gasteiger partial charge in [0, 0.05) is 12.5 Å². The van der Waals surface area contributed by atoms with Crippen molar-refractivity contribution in [2.45, 2.75) is 25.9 Å². The number of halogens is 3. The van der Waals surface area contributed by atoms with Gasteiger partial charge in [-0.15, -0.1) is 0 Å². The van der Waals surface area contributed by atoms with E-state index >= 15 is 0 Å². The van der Waals surface area contributed by atoms with Crippen LogP contribution in [0.1, 0.15) is 30.1 Å². The van der Waals surface area contributed by atoms with Gasteiger partial charge in [-0.25, -0.2) is 4.98 Å². The number of nitrogens with zero attached hydrogens (tertiary/aromatic N) is 1. The van der Waals surface area contributed by atoms with Crippen LogP contribution < -0.4 is 0 Å². The monoisotopic (exact) mass is 299 g/mol. The summed E-state index contributed by atoms with van der Waals surface area (Å²) >= 11 is 0. The molecule has 0 spiro atoms. The van der Waals surface area contributed by atoms with Crippen molar-refractivity contribution in [2.75, 3.05) is 0 Å². The van der Waals surface area contributed by atoms with Gasteiger partial charge in [0.25, 0.3) is 0 Å². The second-order valence-electron chi connectivity index (χ2n) is 4.58. The molecular formula is C14H12F3NO3. The second kappa shape index (κ2) is 5.23. The summed E-state index contributed by atoms with van der Waals surface area (Å²) in [6.07, 6.45) is -4.42. The molecule has 0 radical (unpaired) electrons. The van der Waals surface area contributed by atoms with Crippen molar-refractivity contribution in [3.05, 3.63) is 41.5 Å². The van der Waals surface area contributed by atoms with E-state index in [9.17, 15) is 18.0 Å². The molecule has 0 saturated carbocycles. The molecule has 1 heterocycles. The minimum Gasteiger partial charge on any atom is -0.481 e. The zero-order chi connectivity index (χ0) is 15.8. The number of alkyl halides is 3. The highest BCUT2D eigenvalue weighted by atomic mass is 19.4. The third-order valence-corrected chi connectivity index (χ3v) is 3.01. The molecule has 7 heteroatoms. The van der Waals surface area contributed by atoms with Gasteiger partial charge in [0.2, 0.25) is 0 Å². The number of aliphatic carboxylic acids is 1. The molecule has 1 aromatic carbocycles. The number of carboxylic acid groups (broad SMARTS) is 1. The SMILES string of the molecule is Cc1nc(-c2ccc(C(F)(F)F)cc2)c(C(C)C(=O)O)o1. The highest BCUT2D eigenvalue weighted by molar-refractivity contribution is 5.78. The Kier molecular flexibility index (Phi) is 3.76. The first-order chi connectivity index (χ1) is 9.70. The fourth-order valence-corrected chi connectivity index (χ4v) is 1.87. The van der Waals surface area contributed by atoms with E-state index < -0.39 is 23.6 Å². The smallest absolute Gasteiger partial charge is 0.416 e. The topological polar surface area (TPSA) is 63.3 Å². The second-order valence-corrected chi connectivity index (χ2v) is 4.58. The summed E-state index contributed by atoms with van der Waals surface area (Å²) < 4.78 is 42.9. The zero-order valence-corrected chi connectivity index (χ0v) is 11.2. The molecule has 4 nitrogen and oxygen atoms in total. The van der Waals surface area contributed by atoms with Crippen LogP contribution in [0.15, 0.2) is 28.7 Å². The number of benzene rings is 1. The first-order valence-electron chi connectivity index (χ1n) is 6.08. The summed E-state index contributed by atoms with van der Waals surface area (Å²) in [7, 11) is 0. The zero-order valence-electron chi connectivity index (χ0n) is 11.2. The predicted molar refractivity (Wildman–Crippen MR) is 67.7 cm³/mol. The molecule has 21 heavy (non-hydrogen) atoms. The van der Waals surface area contributed by atoms with E-state index in [0.29, 0.717) is 5.56 Å². The summed E-state index contributed by atoms with van der Waals surface area (Å²) in [4.78, 5) is 15.1. The Morgan fingerprint density at radius 3 is 2.33 bits per heavy atom. The van der Waals surface area contributed by atoms with Crippen LogP contribution in [0, 0.1) is 6.92 Å². The Hall–Kier alpha value is -2.31. The lowest BCUT2D eigenvalue weighted by Gasteiger charge is -2.08. The molecule has 1 unspecified atom stereocenters. The third kappa shape index (κ3) is 3.07. The van der Waals surface area contributed by atoms with E-state index in [1.807, 2.05) is 0 Å². The predicted octanol–water partition coefficient (Wildman–Crippen LogP) is 3.86. The number of hydrogen-bond acceptors (Lipinski definition) is 3. The Morgan fingerprint density at radius 1 is 1.29 bits per heavy atom. The highest BCUT2D eigenvalue weighted by Gasteiger charge is 2.30. The minimum absolute atomic E-state index is 0.125. The quantitative estimate of drug-likeness (QED) is 0.934. The van der Waals surface area contributed by atoms with Gasteiger partial charge in [0.05, 0.1) is 5.56 Å². The third-order valence-electron chi connectivity index (χ3n) is 3.01. The fraction of sp³-hybridized carbons (Fsp3) is 0.286. The molecular weight excluding hydrogens is 287 g/mol. The standard InChI is InChI=1S/C14H12F3NO3/c1-7(13(19)20)12-11(18-8(2)21-12)9-3-5-10(6-4-9)14(15,16)17/h3-7H,1-2H3,(H,19,20). The van der Waals surface area contributed by atoms with Crippen molar-refractivity contribution in [2.24, 2.45) is 0 Å². The molecule has 0 fully saturated rings. The maximum Gasteiger partial charge on any atom is 0.416 e. The highest BCUT2D eigenvalue weighted by Crippen LogP contribution is 2.33. The van der Waals surface area contributed by atoms with Crippen LogP contribution in [0.25, 0.3) is 11.3 Å². The lowest BCUT2D eigenvalue weighted by atomic mass is 10.0. The van der Waals surface area contributed by atoms with Gasteiger partial charge in [-0.1, -0.05) is 12.1 Å². The molecule has 1 atom stereocenters. The number of carbonyl (C=O) groups is 1. The van der Waals surface area contributed by atoms with Crippen LogP contribution in [0.3, 0.4) is 0 Å². The van der Waals surface area contributed by atoms with Gasteiger partial charge in [0.15, 0.2) is 5.89 Å². The first-order valence-corrected chi connectivity index (χ1v) is 6.08. The Balaban J connectivity index is 2.45. The molecule has 0 aliphatic rings. The van der Waals surface area contributed by atoms with Crippen molar-refractivity contribution in [1.29, 1.82) is 0 Å². The molecule has 0 saturated heterocycles. The van der Waals surface area contributed by atoms with Gasteiger partial charge in [-0.3, -0.25) is 4.79 Å². The molecule has 0 aliphatic carbocycles. The average Bonchev–Trinajstić information content (AvgIpc) is 2.79. The van der Waals surface area contributed by atoms with Crippen molar-refractivity contribution in [3.63, 3.8) is 0 Å². The van der Waals surface area contributed by atoms with Crippen LogP contribution >= 0.6 is 0 Å². The van der Waals surface area contributed by atoms with Crippen LogP contribution in [0.5, 0.6) is 0 Å². The molecule has 1 N–H and O–H groups in total. The summed E-state index contributed by atoms with van der Waals surface area (Å²) in [5.41, 5.74) is -0.154. The lowest BCUT2D eigenvalue weighted by molar-refractivity contribution is -0.139. The van der Waals surface area contributed by atoms with Crippen LogP contribution in [-0.4, -0.2) is 16.1 Å². The minimum atomic E-state index is -4.42. The van der Waals surface area contributed by atoms with E-state index in [1.54, 1.807) is 6.92 Å². The Bertz CT molecular complexity index is 659. The summed E-state index contributed by atoms with van der Waals surface area (Å²) in [6, 6.07) is 4.35. The molecule has 0 aliphatic heterocycles. The number of carboxylic acids is 1. The molecule has 112 valence electrons. The first kappa shape index (κ1) is 15.1. The molecule has 0 amide bonds. The Labute approximate surface area is 118 Å². The van der Waals surface area contributed by atoms with Gasteiger partial charge in [0.1, 0.15) is 17.4 Å². The summed E-state index contributed by atoms with van der Waals surface area (Å²) in [6.45, 7) is 2.97. The number of aryl methyl sites for hydroxylation is 1. The van der Waals surface area contributed by atoms with Crippen molar-refractivity contribution in [3.8, 4) is 11.3 Å². The van der Waals surface area contributed by atoms with E-state index in [0.717, 1.165) is 12.1 Å². The van der Waals surface area contributed by atoms with E-state index in [-0.39, 0.29) is 17.3 Å². The summed E-state index contributed by atoms with van der Waals surface area (Å²) in [5.74, 6) is -1.66. The number of rotatable bonds is 3. The van der Waals surface area contributed by atoms with Crippen molar-refractivity contribution >= 4 is 5.97 Å². The van der Waals surface area contributed by atoms with Crippen molar-refractivity contribution in [1.82, 2.24) is 4.98 Å². The fourth-order valence-electron chi connectivity index (χ4n) is 1.87. The number of hydrogen-bond donors (Lipinski definition) is 1. The molecule has 2 aromatic rings. The molecule has 0 bridgehead atoms. The van der Waals surface area contributed by atoms with Gasteiger partial charge >= 0.3 is 12.1 Å². The summed E-state index contributed by atoms with van der Waals surface area (Å²) in [5, 5.41) is 9.03. The maximum atomic E-state index is 12.5. The lowest BCUT2D eigenvalue weighted by Crippen LogP contribution is -2.08. The van der Waals surface area contributed by atoms with E-state index in [2.05, 4.69) is 4.98 Å². The van der Waals surface area contributed by atoms with Crippen LogP contribution in [-0.2, 0) is 11.0 Å². The molecule has 1 aromatic heterocycles. The normalized spacial score (nSPS) is 13.2. The average molecular weight is 299 g/mol.